The Morgan fingerprint density at radius 1 is 0.962 bits per heavy atom. The first-order valence-corrected chi connectivity index (χ1v) is 9.70. The highest BCUT2D eigenvalue weighted by Crippen LogP contribution is 2.18. The Morgan fingerprint density at radius 2 is 1.62 bits per heavy atom. The van der Waals surface area contributed by atoms with Gasteiger partial charge in [-0.2, -0.15) is 0 Å². The van der Waals surface area contributed by atoms with Gasteiger partial charge in [-0.05, 0) is 36.4 Å². The van der Waals surface area contributed by atoms with Crippen LogP contribution in [0.1, 0.15) is 0 Å². The van der Waals surface area contributed by atoms with Crippen molar-refractivity contribution in [3.63, 3.8) is 0 Å². The molecule has 0 saturated carbocycles. The normalized spacial score (nSPS) is 14.8. The maximum Gasteiger partial charge on any atom is 0.319 e. The minimum absolute atomic E-state index is 0.121. The first-order chi connectivity index (χ1) is 12.5. The summed E-state index contributed by atoms with van der Waals surface area (Å²) < 4.78 is 27.2. The van der Waals surface area contributed by atoms with E-state index in [1.165, 1.54) is 12.1 Å². The first-order valence-electron chi connectivity index (χ1n) is 8.21. The van der Waals surface area contributed by atoms with Gasteiger partial charge < -0.3 is 10.6 Å². The van der Waals surface area contributed by atoms with Crippen molar-refractivity contribution in [1.29, 1.82) is 0 Å². The van der Waals surface area contributed by atoms with E-state index in [1.54, 1.807) is 36.4 Å². The number of hydrogen-bond acceptors (Lipinski definition) is 5. The molecule has 0 aromatic heterocycles. The van der Waals surface area contributed by atoms with Crippen LogP contribution in [0.3, 0.4) is 0 Å². The van der Waals surface area contributed by atoms with E-state index >= 15 is 0 Å². The van der Waals surface area contributed by atoms with E-state index in [-0.39, 0.29) is 10.9 Å². The fourth-order valence-electron chi connectivity index (χ4n) is 2.50. The maximum absolute atomic E-state index is 12.4. The molecule has 0 atom stereocenters. The molecule has 0 bridgehead atoms. The summed E-state index contributed by atoms with van der Waals surface area (Å²) in [6.45, 7) is 2.17. The van der Waals surface area contributed by atoms with Crippen molar-refractivity contribution in [2.24, 2.45) is 5.92 Å². The Morgan fingerprint density at radius 3 is 2.27 bits per heavy atom. The Bertz CT molecular complexity index is 834. The van der Waals surface area contributed by atoms with Crippen LogP contribution < -0.4 is 26.2 Å². The van der Waals surface area contributed by atoms with Crippen LogP contribution in [-0.2, 0) is 10.0 Å². The van der Waals surface area contributed by atoms with Gasteiger partial charge in [-0.3, -0.25) is 15.6 Å². The SMILES string of the molecule is O=C(NCC1CNNC1)Nc1ccc(S(=O)(=O)Nc2ccccc2)cc1. The standard InChI is InChI=1S/C17H21N5O3S/c23-17(18-10-13-11-19-20-12-13)21-14-6-8-16(9-7-14)26(24,25)22-15-4-2-1-3-5-15/h1-9,13,19-20,22H,10-12H2,(H2,18,21,23). The van der Waals surface area contributed by atoms with Gasteiger partial charge in [0, 0.05) is 36.9 Å². The molecule has 9 heteroatoms. The number of anilines is 2. The highest BCUT2D eigenvalue weighted by atomic mass is 32.2. The predicted molar refractivity (Wildman–Crippen MR) is 100 cm³/mol. The van der Waals surface area contributed by atoms with Crippen molar-refractivity contribution in [3.05, 3.63) is 54.6 Å². The number of benzene rings is 2. The first kappa shape index (κ1) is 18.2. The summed E-state index contributed by atoms with van der Waals surface area (Å²) in [5.41, 5.74) is 7.01. The molecule has 1 aliphatic rings. The van der Waals surface area contributed by atoms with Gasteiger partial charge in [-0.1, -0.05) is 18.2 Å². The molecule has 2 aromatic carbocycles. The van der Waals surface area contributed by atoms with Gasteiger partial charge in [0.1, 0.15) is 0 Å². The van der Waals surface area contributed by atoms with Gasteiger partial charge in [0.2, 0.25) is 0 Å². The highest BCUT2D eigenvalue weighted by Gasteiger charge is 2.16. The molecule has 1 fully saturated rings. The van der Waals surface area contributed by atoms with E-state index in [1.807, 2.05) is 6.07 Å². The minimum atomic E-state index is -3.67. The van der Waals surface area contributed by atoms with Crippen LogP contribution in [0.15, 0.2) is 59.5 Å². The zero-order chi connectivity index (χ0) is 18.4. The van der Waals surface area contributed by atoms with Gasteiger partial charge in [0.05, 0.1) is 4.90 Å². The smallest absolute Gasteiger partial charge is 0.319 e. The summed E-state index contributed by atoms with van der Waals surface area (Å²) >= 11 is 0. The molecular weight excluding hydrogens is 354 g/mol. The molecule has 0 radical (unpaired) electrons. The molecule has 1 heterocycles. The maximum atomic E-state index is 12.4. The molecule has 138 valence electrons. The lowest BCUT2D eigenvalue weighted by atomic mass is 10.2. The topological polar surface area (TPSA) is 111 Å². The lowest BCUT2D eigenvalue weighted by molar-refractivity contribution is 0.250. The summed E-state index contributed by atoms with van der Waals surface area (Å²) in [4.78, 5) is 12.0. The molecule has 8 nitrogen and oxygen atoms in total. The molecule has 0 unspecified atom stereocenters. The second-order valence-corrected chi connectivity index (χ2v) is 7.64. The van der Waals surface area contributed by atoms with E-state index < -0.39 is 10.0 Å². The highest BCUT2D eigenvalue weighted by molar-refractivity contribution is 7.92. The van der Waals surface area contributed by atoms with Crippen LogP contribution in [0, 0.1) is 5.92 Å². The summed E-state index contributed by atoms with van der Waals surface area (Å²) in [5.74, 6) is 0.345. The number of nitrogens with one attached hydrogen (secondary N) is 5. The molecule has 0 aliphatic carbocycles. The van der Waals surface area contributed by atoms with Crippen LogP contribution >= 0.6 is 0 Å². The summed E-state index contributed by atoms with van der Waals surface area (Å²) in [7, 11) is -3.67. The number of hydrazine groups is 1. The molecule has 2 aromatic rings. The Hall–Kier alpha value is -2.62. The molecular formula is C17H21N5O3S. The van der Waals surface area contributed by atoms with E-state index in [9.17, 15) is 13.2 Å². The van der Waals surface area contributed by atoms with E-state index in [0.29, 0.717) is 23.8 Å². The van der Waals surface area contributed by atoms with Gasteiger partial charge in [-0.15, -0.1) is 0 Å². The monoisotopic (exact) mass is 375 g/mol. The zero-order valence-electron chi connectivity index (χ0n) is 14.0. The third-order valence-corrected chi connectivity index (χ3v) is 5.30. The largest absolute Gasteiger partial charge is 0.337 e. The Kier molecular flexibility index (Phi) is 5.71. The van der Waals surface area contributed by atoms with Gasteiger partial charge in [0.15, 0.2) is 0 Å². The molecule has 1 saturated heterocycles. The number of carbonyl (C=O) groups is 1. The fraction of sp³-hybridized carbons (Fsp3) is 0.235. The van der Waals surface area contributed by atoms with Gasteiger partial charge in [0.25, 0.3) is 10.0 Å². The van der Waals surface area contributed by atoms with Crippen LogP contribution in [0.5, 0.6) is 0 Å². The number of rotatable bonds is 6. The third kappa shape index (κ3) is 4.94. The molecule has 2 amide bonds. The van der Waals surface area contributed by atoms with Crippen LogP contribution in [0.25, 0.3) is 0 Å². The van der Waals surface area contributed by atoms with E-state index in [0.717, 1.165) is 13.1 Å². The molecule has 26 heavy (non-hydrogen) atoms. The summed E-state index contributed by atoms with van der Waals surface area (Å²) in [6.07, 6.45) is 0. The number of urea groups is 1. The molecule has 0 spiro atoms. The Labute approximate surface area is 152 Å². The fourth-order valence-corrected chi connectivity index (χ4v) is 3.56. The number of amides is 2. The van der Waals surface area contributed by atoms with E-state index in [2.05, 4.69) is 26.2 Å². The van der Waals surface area contributed by atoms with Crippen molar-refractivity contribution in [1.82, 2.24) is 16.2 Å². The van der Waals surface area contributed by atoms with Crippen molar-refractivity contribution in [2.45, 2.75) is 4.90 Å². The number of carbonyl (C=O) groups excluding carboxylic acids is 1. The van der Waals surface area contributed by atoms with Gasteiger partial charge in [-0.25, -0.2) is 13.2 Å². The summed E-state index contributed by atoms with van der Waals surface area (Å²) in [5, 5.41) is 5.48. The van der Waals surface area contributed by atoms with Gasteiger partial charge >= 0.3 is 6.03 Å². The van der Waals surface area contributed by atoms with Crippen LogP contribution in [-0.4, -0.2) is 34.1 Å². The molecule has 3 rings (SSSR count). The van der Waals surface area contributed by atoms with Crippen LogP contribution in [0.2, 0.25) is 0 Å². The van der Waals surface area contributed by atoms with Crippen molar-refractivity contribution in [2.75, 3.05) is 29.7 Å². The Balaban J connectivity index is 1.56. The molecule has 5 N–H and O–H groups in total. The average molecular weight is 375 g/mol. The molecule has 1 aliphatic heterocycles. The van der Waals surface area contributed by atoms with Crippen molar-refractivity contribution in [3.8, 4) is 0 Å². The van der Waals surface area contributed by atoms with E-state index in [4.69, 9.17) is 0 Å². The number of para-hydroxylation sites is 1. The number of hydrogen-bond donors (Lipinski definition) is 5. The second-order valence-electron chi connectivity index (χ2n) is 5.96. The summed E-state index contributed by atoms with van der Waals surface area (Å²) in [6, 6.07) is 14.3. The lowest BCUT2D eigenvalue weighted by Crippen LogP contribution is -2.34. The third-order valence-electron chi connectivity index (χ3n) is 3.91. The van der Waals surface area contributed by atoms with Crippen molar-refractivity contribution < 1.29 is 13.2 Å². The van der Waals surface area contributed by atoms with Crippen molar-refractivity contribution >= 4 is 27.4 Å². The number of sulfonamides is 1. The predicted octanol–water partition coefficient (Wildman–Crippen LogP) is 1.33. The van der Waals surface area contributed by atoms with Crippen LogP contribution in [0.4, 0.5) is 16.2 Å². The zero-order valence-corrected chi connectivity index (χ0v) is 14.8. The second kappa shape index (κ2) is 8.17. The quantitative estimate of drug-likeness (QED) is 0.523. The average Bonchev–Trinajstić information content (AvgIpc) is 3.14. The minimum Gasteiger partial charge on any atom is -0.337 e. The lowest BCUT2D eigenvalue weighted by Gasteiger charge is -2.11.